The van der Waals surface area contributed by atoms with Crippen molar-refractivity contribution >= 4 is 33.2 Å². The minimum Gasteiger partial charge on any atom is -0.381 e. The molecule has 2 heterocycles. The molecule has 2 N–H and O–H groups in total. The summed E-state index contributed by atoms with van der Waals surface area (Å²) in [6.07, 6.45) is 4.49. The van der Waals surface area contributed by atoms with E-state index in [1.807, 2.05) is 30.3 Å². The summed E-state index contributed by atoms with van der Waals surface area (Å²) in [7, 11) is 0. The van der Waals surface area contributed by atoms with E-state index in [9.17, 15) is 9.59 Å². The van der Waals surface area contributed by atoms with Crippen LogP contribution in [0.1, 0.15) is 55.6 Å². The standard InChI is InChI=1S/C22H30N2O3S/c1-15(2)13-18(21(25)23-17-8-5-6-11-27-12-10-17)24-22(26)20-14-16-7-3-4-9-19(16)28-20/h3-4,7,9,14-15,17-18H,5-6,8,10-13H2,1-2H3,(H,23,25)(H,24,26). The van der Waals surface area contributed by atoms with Crippen molar-refractivity contribution in [1.82, 2.24) is 10.6 Å². The number of nitrogens with one attached hydrogen (secondary N) is 2. The Morgan fingerprint density at radius 3 is 2.79 bits per heavy atom. The molecule has 1 aliphatic heterocycles. The predicted octanol–water partition coefficient (Wildman–Crippen LogP) is 4.12. The maximum atomic E-state index is 12.9. The summed E-state index contributed by atoms with van der Waals surface area (Å²) in [5, 5.41) is 7.17. The molecule has 0 bridgehead atoms. The van der Waals surface area contributed by atoms with E-state index in [-0.39, 0.29) is 17.9 Å². The zero-order chi connectivity index (χ0) is 19.9. The smallest absolute Gasteiger partial charge is 0.262 e. The minimum atomic E-state index is -0.524. The van der Waals surface area contributed by atoms with Gasteiger partial charge in [0.25, 0.3) is 5.91 Å². The second kappa shape index (κ2) is 10.0. The van der Waals surface area contributed by atoms with Crippen molar-refractivity contribution in [3.63, 3.8) is 0 Å². The Morgan fingerprint density at radius 2 is 2.00 bits per heavy atom. The maximum Gasteiger partial charge on any atom is 0.262 e. The van der Waals surface area contributed by atoms with Crippen LogP contribution in [0.2, 0.25) is 0 Å². The third kappa shape index (κ3) is 5.79. The molecule has 1 aliphatic rings. The summed E-state index contributed by atoms with van der Waals surface area (Å²) in [6.45, 7) is 5.61. The Labute approximate surface area is 170 Å². The third-order valence-electron chi connectivity index (χ3n) is 5.03. The summed E-state index contributed by atoms with van der Waals surface area (Å²) < 4.78 is 6.62. The second-order valence-electron chi connectivity index (χ2n) is 7.91. The first kappa shape index (κ1) is 20.8. The number of fused-ring (bicyclic) bond motifs is 1. The highest BCUT2D eigenvalue weighted by atomic mass is 32.1. The van der Waals surface area contributed by atoms with Gasteiger partial charge in [-0.1, -0.05) is 32.0 Å². The van der Waals surface area contributed by atoms with Gasteiger partial charge < -0.3 is 15.4 Å². The van der Waals surface area contributed by atoms with E-state index in [1.54, 1.807) is 0 Å². The quantitative estimate of drug-likeness (QED) is 0.764. The Hall–Kier alpha value is -1.92. The van der Waals surface area contributed by atoms with Crippen LogP contribution in [0.5, 0.6) is 0 Å². The van der Waals surface area contributed by atoms with Crippen molar-refractivity contribution in [2.45, 2.75) is 58.0 Å². The molecule has 152 valence electrons. The van der Waals surface area contributed by atoms with E-state index in [1.165, 1.54) is 11.3 Å². The fourth-order valence-corrected chi connectivity index (χ4v) is 4.50. The van der Waals surface area contributed by atoms with Crippen LogP contribution >= 0.6 is 11.3 Å². The van der Waals surface area contributed by atoms with Gasteiger partial charge in [-0.15, -0.1) is 11.3 Å². The number of benzene rings is 1. The van der Waals surface area contributed by atoms with E-state index >= 15 is 0 Å². The Bertz CT molecular complexity index is 761. The summed E-state index contributed by atoms with van der Waals surface area (Å²) in [5.74, 6) is 0.0378. The molecule has 5 nitrogen and oxygen atoms in total. The van der Waals surface area contributed by atoms with Crippen molar-refractivity contribution in [2.75, 3.05) is 13.2 Å². The third-order valence-corrected chi connectivity index (χ3v) is 6.14. The lowest BCUT2D eigenvalue weighted by Crippen LogP contribution is -2.50. The van der Waals surface area contributed by atoms with Gasteiger partial charge in [0.2, 0.25) is 5.91 Å². The maximum absolute atomic E-state index is 12.9. The van der Waals surface area contributed by atoms with Crippen molar-refractivity contribution < 1.29 is 14.3 Å². The fourth-order valence-electron chi connectivity index (χ4n) is 3.54. The fraction of sp³-hybridized carbons (Fsp3) is 0.545. The number of rotatable bonds is 6. The molecular weight excluding hydrogens is 372 g/mol. The molecular formula is C22H30N2O3S. The molecule has 0 spiro atoms. The molecule has 28 heavy (non-hydrogen) atoms. The van der Waals surface area contributed by atoms with Gasteiger partial charge in [-0.3, -0.25) is 9.59 Å². The highest BCUT2D eigenvalue weighted by Crippen LogP contribution is 2.25. The monoisotopic (exact) mass is 402 g/mol. The SMILES string of the molecule is CC(C)CC(NC(=O)c1cc2ccccc2s1)C(=O)NC1CCCCOCC1. The first-order valence-corrected chi connectivity index (χ1v) is 11.0. The lowest BCUT2D eigenvalue weighted by molar-refractivity contribution is -0.124. The van der Waals surface area contributed by atoms with Crippen LogP contribution in [0.15, 0.2) is 30.3 Å². The highest BCUT2D eigenvalue weighted by molar-refractivity contribution is 7.20. The molecule has 0 saturated carbocycles. The molecule has 0 radical (unpaired) electrons. The Balaban J connectivity index is 1.66. The predicted molar refractivity (Wildman–Crippen MR) is 114 cm³/mol. The van der Waals surface area contributed by atoms with E-state index in [0.29, 0.717) is 23.8 Å². The first-order valence-electron chi connectivity index (χ1n) is 10.2. The minimum absolute atomic E-state index is 0.0891. The van der Waals surface area contributed by atoms with Gasteiger partial charge >= 0.3 is 0 Å². The molecule has 2 atom stereocenters. The average Bonchev–Trinajstić information content (AvgIpc) is 3.07. The van der Waals surface area contributed by atoms with Gasteiger partial charge in [0, 0.05) is 24.0 Å². The molecule has 2 amide bonds. The van der Waals surface area contributed by atoms with E-state index in [2.05, 4.69) is 24.5 Å². The average molecular weight is 403 g/mol. The van der Waals surface area contributed by atoms with Gasteiger partial charge in [0.05, 0.1) is 4.88 Å². The first-order chi connectivity index (χ1) is 13.5. The lowest BCUT2D eigenvalue weighted by atomic mass is 10.0. The molecule has 1 saturated heterocycles. The van der Waals surface area contributed by atoms with Crippen molar-refractivity contribution in [2.24, 2.45) is 5.92 Å². The molecule has 2 aromatic rings. The number of hydrogen-bond acceptors (Lipinski definition) is 4. The van der Waals surface area contributed by atoms with Gasteiger partial charge in [-0.05, 0) is 55.5 Å². The van der Waals surface area contributed by atoms with Gasteiger partial charge in [-0.25, -0.2) is 0 Å². The van der Waals surface area contributed by atoms with Crippen LogP contribution in [-0.4, -0.2) is 37.1 Å². The Morgan fingerprint density at radius 1 is 1.18 bits per heavy atom. The van der Waals surface area contributed by atoms with Crippen LogP contribution in [0.25, 0.3) is 10.1 Å². The normalized spacial score (nSPS) is 19.0. The van der Waals surface area contributed by atoms with Crippen LogP contribution in [-0.2, 0) is 9.53 Å². The van der Waals surface area contributed by atoms with Crippen LogP contribution < -0.4 is 10.6 Å². The zero-order valence-corrected chi connectivity index (χ0v) is 17.5. The molecule has 2 unspecified atom stereocenters. The summed E-state index contributed by atoms with van der Waals surface area (Å²) in [6, 6.07) is 9.42. The van der Waals surface area contributed by atoms with E-state index in [4.69, 9.17) is 4.74 Å². The molecule has 3 rings (SSSR count). The molecule has 6 heteroatoms. The Kier molecular flexibility index (Phi) is 7.45. The van der Waals surface area contributed by atoms with Crippen LogP contribution in [0.4, 0.5) is 0 Å². The molecule has 0 aliphatic carbocycles. The van der Waals surface area contributed by atoms with Gasteiger partial charge in [0.1, 0.15) is 6.04 Å². The number of thiophene rings is 1. The lowest BCUT2D eigenvalue weighted by Gasteiger charge is -2.25. The second-order valence-corrected chi connectivity index (χ2v) is 8.99. The van der Waals surface area contributed by atoms with Gasteiger partial charge in [0.15, 0.2) is 0 Å². The van der Waals surface area contributed by atoms with Crippen LogP contribution in [0.3, 0.4) is 0 Å². The summed E-state index contributed by atoms with van der Waals surface area (Å²) in [4.78, 5) is 26.4. The molecule has 1 fully saturated rings. The van der Waals surface area contributed by atoms with E-state index in [0.717, 1.165) is 42.4 Å². The summed E-state index contributed by atoms with van der Waals surface area (Å²) >= 11 is 1.46. The van der Waals surface area contributed by atoms with Crippen molar-refractivity contribution in [3.8, 4) is 0 Å². The van der Waals surface area contributed by atoms with E-state index < -0.39 is 6.04 Å². The van der Waals surface area contributed by atoms with Crippen molar-refractivity contribution in [1.29, 1.82) is 0 Å². The number of amides is 2. The van der Waals surface area contributed by atoms with Crippen LogP contribution in [0, 0.1) is 5.92 Å². The number of ether oxygens (including phenoxy) is 1. The number of carbonyl (C=O) groups excluding carboxylic acids is 2. The zero-order valence-electron chi connectivity index (χ0n) is 16.7. The van der Waals surface area contributed by atoms with Gasteiger partial charge in [-0.2, -0.15) is 0 Å². The highest BCUT2D eigenvalue weighted by Gasteiger charge is 2.25. The molecule has 1 aromatic carbocycles. The largest absolute Gasteiger partial charge is 0.381 e. The van der Waals surface area contributed by atoms with Crippen molar-refractivity contribution in [3.05, 3.63) is 35.2 Å². The summed E-state index contributed by atoms with van der Waals surface area (Å²) in [5.41, 5.74) is 0. The number of hydrogen-bond donors (Lipinski definition) is 2. The topological polar surface area (TPSA) is 67.4 Å². The number of carbonyl (C=O) groups is 2. The molecule has 1 aromatic heterocycles.